The third-order valence-electron chi connectivity index (χ3n) is 8.52. The Morgan fingerprint density at radius 3 is 2.62 bits per heavy atom. The van der Waals surface area contributed by atoms with E-state index < -0.39 is 42.4 Å². The van der Waals surface area contributed by atoms with Crippen LogP contribution in [-0.4, -0.2) is 124 Å². The molecular formula is C26H35N5O7S. The lowest BCUT2D eigenvalue weighted by Gasteiger charge is -2.42. The zero-order valence-electron chi connectivity index (χ0n) is 21.6. The lowest BCUT2D eigenvalue weighted by molar-refractivity contribution is -0.151. The molecule has 5 heterocycles. The first kappa shape index (κ1) is 26.6. The number of hydrogen-bond donors (Lipinski definition) is 4. The van der Waals surface area contributed by atoms with Crippen molar-refractivity contribution in [3.8, 4) is 0 Å². The number of ether oxygens (including phenoxy) is 1. The third-order valence-corrected chi connectivity index (χ3v) is 9.38. The highest BCUT2D eigenvalue weighted by molar-refractivity contribution is 7.09. The Morgan fingerprint density at radius 2 is 1.87 bits per heavy atom. The van der Waals surface area contributed by atoms with Crippen molar-refractivity contribution in [1.29, 1.82) is 0 Å². The van der Waals surface area contributed by atoms with E-state index in [4.69, 9.17) is 4.74 Å². The predicted octanol–water partition coefficient (Wildman–Crippen LogP) is -1.73. The van der Waals surface area contributed by atoms with E-state index in [9.17, 15) is 29.4 Å². The molecule has 5 aliphatic rings. The molecule has 0 spiro atoms. The summed E-state index contributed by atoms with van der Waals surface area (Å²) >= 11 is 1.60. The number of amides is 4. The van der Waals surface area contributed by atoms with E-state index in [1.54, 1.807) is 21.1 Å². The molecule has 12 nitrogen and oxygen atoms in total. The van der Waals surface area contributed by atoms with E-state index in [2.05, 4.69) is 15.5 Å². The van der Waals surface area contributed by atoms with Gasteiger partial charge in [-0.15, -0.1) is 11.3 Å². The average molecular weight is 562 g/mol. The van der Waals surface area contributed by atoms with E-state index in [1.807, 2.05) is 17.5 Å². The molecule has 1 aliphatic carbocycles. The van der Waals surface area contributed by atoms with E-state index in [0.717, 1.165) is 17.7 Å². The van der Waals surface area contributed by atoms with Gasteiger partial charge in [0.25, 0.3) is 0 Å². The summed E-state index contributed by atoms with van der Waals surface area (Å²) in [6, 6.07) is 2.35. The van der Waals surface area contributed by atoms with Crippen LogP contribution in [0.5, 0.6) is 0 Å². The Morgan fingerprint density at radius 1 is 1.08 bits per heavy atom. The summed E-state index contributed by atoms with van der Waals surface area (Å²) in [6.07, 6.45) is -2.51. The summed E-state index contributed by atoms with van der Waals surface area (Å²) in [7, 11) is 0. The van der Waals surface area contributed by atoms with Crippen molar-refractivity contribution >= 4 is 35.0 Å². The Labute approximate surface area is 230 Å². The molecular weight excluding hydrogens is 526 g/mol. The molecule has 0 radical (unpaired) electrons. The predicted molar refractivity (Wildman–Crippen MR) is 138 cm³/mol. The number of nitrogens with one attached hydrogen (secondary N) is 2. The Hall–Kier alpha value is -2.58. The molecule has 4 saturated heterocycles. The second-order valence-electron chi connectivity index (χ2n) is 11.3. The second kappa shape index (κ2) is 10.8. The van der Waals surface area contributed by atoms with Gasteiger partial charge in [0.05, 0.1) is 25.1 Å². The van der Waals surface area contributed by atoms with Gasteiger partial charge >= 0.3 is 0 Å². The minimum atomic E-state index is -1.28. The van der Waals surface area contributed by atoms with Gasteiger partial charge in [0.1, 0.15) is 24.4 Å². The molecule has 0 aromatic carbocycles. The molecule has 4 amide bonds. The first-order valence-electron chi connectivity index (χ1n) is 13.7. The molecule has 212 valence electrons. The highest BCUT2D eigenvalue weighted by Gasteiger charge is 2.48. The molecule has 0 unspecified atom stereocenters. The van der Waals surface area contributed by atoms with Gasteiger partial charge in [0, 0.05) is 49.6 Å². The first-order valence-corrected chi connectivity index (χ1v) is 14.6. The standard InChI is InChI=1S/C26H35N5O7S/c32-21-9-19-22(33)23(34)20(38-19)10-27-24(35)18-13-29(5-6-31(18)25(36)14-3-4-14)26(37)17-8-15(28-21)11-30(17)12-16-2-1-7-39-16/h1-2,7,14-15,17-20,22-23,33-34H,3-6,8-13H2,(H,27,35)(H,28,32)/t15-,17-,18-,19-,20+,22-,23+/m0/s1. The van der Waals surface area contributed by atoms with E-state index >= 15 is 0 Å². The quantitative estimate of drug-likeness (QED) is 0.340. The summed E-state index contributed by atoms with van der Waals surface area (Å²) in [6.45, 7) is 1.61. The molecule has 4 N–H and O–H groups in total. The van der Waals surface area contributed by atoms with Crippen LogP contribution in [0.4, 0.5) is 0 Å². The van der Waals surface area contributed by atoms with Gasteiger partial charge in [0.2, 0.25) is 23.6 Å². The van der Waals surface area contributed by atoms with Crippen LogP contribution in [-0.2, 0) is 30.5 Å². The van der Waals surface area contributed by atoms with Crippen LogP contribution in [0.2, 0.25) is 0 Å². The molecule has 13 heteroatoms. The van der Waals surface area contributed by atoms with Gasteiger partial charge in [-0.2, -0.15) is 0 Å². The number of nitrogens with zero attached hydrogens (tertiary/aromatic N) is 3. The Bertz CT molecular complexity index is 1110. The maximum Gasteiger partial charge on any atom is 0.244 e. The van der Waals surface area contributed by atoms with Crippen LogP contribution in [0.1, 0.15) is 30.6 Å². The lowest BCUT2D eigenvalue weighted by Crippen LogP contribution is -2.63. The number of rotatable bonds is 3. The number of aliphatic hydroxyl groups is 2. The van der Waals surface area contributed by atoms with Crippen molar-refractivity contribution < 1.29 is 34.1 Å². The fourth-order valence-corrected chi connectivity index (χ4v) is 6.97. The number of likely N-dealkylation sites (tertiary alicyclic amines) is 1. The number of hydrogen-bond acceptors (Lipinski definition) is 9. The second-order valence-corrected chi connectivity index (χ2v) is 12.3. The van der Waals surface area contributed by atoms with Gasteiger partial charge in [0.15, 0.2) is 0 Å². The minimum absolute atomic E-state index is 0.0627. The molecule has 1 aromatic rings. The van der Waals surface area contributed by atoms with E-state index in [1.165, 1.54) is 0 Å². The van der Waals surface area contributed by atoms with E-state index in [0.29, 0.717) is 26.1 Å². The van der Waals surface area contributed by atoms with Gasteiger partial charge < -0.3 is 35.4 Å². The zero-order valence-corrected chi connectivity index (χ0v) is 22.4. The van der Waals surface area contributed by atoms with Crippen molar-refractivity contribution in [3.63, 3.8) is 0 Å². The van der Waals surface area contributed by atoms with Gasteiger partial charge in [-0.3, -0.25) is 24.1 Å². The SMILES string of the molecule is O=C1C[C@@H]2O[C@H](CNC(=O)[C@@H]3CN(CCN3C(=O)C3CC3)C(=O)[C@@H]3C[C@@H](CN3Cc3cccs3)N1)[C@@H](O)[C@H]2O. The molecule has 6 bridgehead atoms. The van der Waals surface area contributed by atoms with Crippen molar-refractivity contribution in [2.24, 2.45) is 5.92 Å². The highest BCUT2D eigenvalue weighted by Crippen LogP contribution is 2.33. The van der Waals surface area contributed by atoms with Crippen LogP contribution in [0.3, 0.4) is 0 Å². The molecule has 4 aliphatic heterocycles. The minimum Gasteiger partial charge on any atom is -0.388 e. The molecule has 7 atom stereocenters. The van der Waals surface area contributed by atoms with Gasteiger partial charge in [-0.25, -0.2) is 0 Å². The third kappa shape index (κ3) is 5.42. The molecule has 1 saturated carbocycles. The largest absolute Gasteiger partial charge is 0.388 e. The summed E-state index contributed by atoms with van der Waals surface area (Å²) in [5, 5.41) is 28.8. The monoisotopic (exact) mass is 561 g/mol. The number of piperazine rings is 1. The number of carbonyl (C=O) groups is 4. The molecule has 39 heavy (non-hydrogen) atoms. The number of aliphatic hydroxyl groups excluding tert-OH is 2. The highest BCUT2D eigenvalue weighted by atomic mass is 32.1. The van der Waals surface area contributed by atoms with Crippen molar-refractivity contribution in [2.75, 3.05) is 32.7 Å². The van der Waals surface area contributed by atoms with Crippen molar-refractivity contribution in [1.82, 2.24) is 25.3 Å². The number of thiophene rings is 1. The van der Waals surface area contributed by atoms with E-state index in [-0.39, 0.29) is 55.7 Å². The Balaban J connectivity index is 1.28. The zero-order chi connectivity index (χ0) is 27.3. The van der Waals surface area contributed by atoms with Gasteiger partial charge in [-0.1, -0.05) is 6.07 Å². The summed E-state index contributed by atoms with van der Waals surface area (Å²) in [4.78, 5) is 59.7. The van der Waals surface area contributed by atoms with Crippen LogP contribution in [0, 0.1) is 5.92 Å². The topological polar surface area (TPSA) is 152 Å². The maximum atomic E-state index is 13.9. The normalized spacial score (nSPS) is 36.2. The molecule has 6 rings (SSSR count). The Kier molecular flexibility index (Phi) is 7.35. The maximum absolute atomic E-state index is 13.9. The van der Waals surface area contributed by atoms with Crippen LogP contribution < -0.4 is 10.6 Å². The lowest BCUT2D eigenvalue weighted by atomic mass is 10.0. The van der Waals surface area contributed by atoms with Crippen LogP contribution in [0.15, 0.2) is 17.5 Å². The fraction of sp³-hybridized carbons (Fsp3) is 0.692. The fourth-order valence-electron chi connectivity index (χ4n) is 6.24. The van der Waals surface area contributed by atoms with Crippen LogP contribution in [0.25, 0.3) is 0 Å². The smallest absolute Gasteiger partial charge is 0.244 e. The van der Waals surface area contributed by atoms with Crippen LogP contribution >= 0.6 is 11.3 Å². The van der Waals surface area contributed by atoms with Crippen molar-refractivity contribution in [2.45, 2.75) is 74.8 Å². The average Bonchev–Trinajstić information content (AvgIpc) is 3.42. The number of fused-ring (bicyclic) bond motifs is 6. The number of carbonyl (C=O) groups excluding carboxylic acids is 4. The summed E-state index contributed by atoms with van der Waals surface area (Å²) in [5.41, 5.74) is 0. The van der Waals surface area contributed by atoms with Gasteiger partial charge in [-0.05, 0) is 30.7 Å². The van der Waals surface area contributed by atoms with Crippen molar-refractivity contribution in [3.05, 3.63) is 22.4 Å². The first-order chi connectivity index (χ1) is 18.8. The molecule has 1 aromatic heterocycles. The molecule has 5 fully saturated rings. The summed E-state index contributed by atoms with van der Waals surface area (Å²) < 4.78 is 5.79. The summed E-state index contributed by atoms with van der Waals surface area (Å²) in [5.74, 6) is -1.01.